The Hall–Kier alpha value is -1.74. The van der Waals surface area contributed by atoms with Crippen molar-refractivity contribution in [1.29, 1.82) is 0 Å². The quantitative estimate of drug-likeness (QED) is 0.613. The predicted molar refractivity (Wildman–Crippen MR) is 79.8 cm³/mol. The molecule has 0 amide bonds. The summed E-state index contributed by atoms with van der Waals surface area (Å²) in [6.07, 6.45) is 0. The topological polar surface area (TPSA) is 0 Å². The first kappa shape index (κ1) is 12.7. The van der Waals surface area contributed by atoms with Gasteiger partial charge in [-0.15, -0.1) is 0 Å². The molecule has 0 unspecified atom stereocenters. The molecule has 2 aromatic rings. The summed E-state index contributed by atoms with van der Waals surface area (Å²) in [6, 6.07) is 13.2. The number of fused-ring (bicyclic) bond motifs is 1. The zero-order chi connectivity index (χ0) is 13.1. The van der Waals surface area contributed by atoms with Gasteiger partial charge in [-0.2, -0.15) is 0 Å². The van der Waals surface area contributed by atoms with Crippen LogP contribution in [0, 0.1) is 17.8 Å². The molecule has 0 heterocycles. The molecule has 0 heteroatoms. The van der Waals surface area contributed by atoms with Crippen LogP contribution in [0.25, 0.3) is 10.8 Å². The minimum atomic E-state index is 0.420. The Labute approximate surface area is 110 Å². The third kappa shape index (κ3) is 2.93. The Morgan fingerprint density at radius 2 is 1.50 bits per heavy atom. The van der Waals surface area contributed by atoms with E-state index in [1.807, 2.05) is 0 Å². The molecule has 2 rings (SSSR count). The molecular weight excluding hydrogens is 216 g/mol. The van der Waals surface area contributed by atoms with Crippen molar-refractivity contribution in [2.24, 2.45) is 5.92 Å². The molecule has 0 nitrogen and oxygen atoms in total. The first-order valence-corrected chi connectivity index (χ1v) is 6.61. The van der Waals surface area contributed by atoms with Gasteiger partial charge < -0.3 is 0 Å². The van der Waals surface area contributed by atoms with Crippen molar-refractivity contribution < 1.29 is 0 Å². The molecule has 0 saturated heterocycles. The van der Waals surface area contributed by atoms with Crippen LogP contribution >= 0.6 is 0 Å². The van der Waals surface area contributed by atoms with Crippen molar-refractivity contribution in [3.63, 3.8) is 0 Å². The van der Waals surface area contributed by atoms with Crippen LogP contribution in [0.4, 0.5) is 0 Å². The predicted octanol–water partition coefficient (Wildman–Crippen LogP) is 4.97. The van der Waals surface area contributed by atoms with E-state index >= 15 is 0 Å². The van der Waals surface area contributed by atoms with Gasteiger partial charge >= 0.3 is 0 Å². The molecule has 2 aromatic carbocycles. The Morgan fingerprint density at radius 1 is 0.833 bits per heavy atom. The zero-order valence-corrected chi connectivity index (χ0v) is 11.6. The number of benzene rings is 2. The SMILES string of the molecule is CC(C)C#Cc1ccc2cc(C(C)C)ccc2c1. The number of hydrogen-bond acceptors (Lipinski definition) is 0. The second-order valence-electron chi connectivity index (χ2n) is 5.40. The lowest BCUT2D eigenvalue weighted by Gasteiger charge is -2.07. The second-order valence-corrected chi connectivity index (χ2v) is 5.40. The fourth-order valence-electron chi connectivity index (χ4n) is 1.93. The summed E-state index contributed by atoms with van der Waals surface area (Å²) in [5.74, 6) is 7.43. The maximum atomic E-state index is 3.22. The third-order valence-corrected chi connectivity index (χ3v) is 3.04. The smallest absolute Gasteiger partial charge is 0.0251 e. The van der Waals surface area contributed by atoms with E-state index in [0.717, 1.165) is 5.56 Å². The normalized spacial score (nSPS) is 10.8. The van der Waals surface area contributed by atoms with Crippen molar-refractivity contribution in [2.45, 2.75) is 33.6 Å². The molecule has 0 aromatic heterocycles. The van der Waals surface area contributed by atoms with E-state index in [1.54, 1.807) is 0 Å². The molecule has 0 aliphatic carbocycles. The summed E-state index contributed by atoms with van der Waals surface area (Å²) in [5, 5.41) is 2.58. The van der Waals surface area contributed by atoms with Crippen LogP contribution in [0.5, 0.6) is 0 Å². The summed E-state index contributed by atoms with van der Waals surface area (Å²) in [7, 11) is 0. The molecule has 92 valence electrons. The van der Waals surface area contributed by atoms with E-state index in [2.05, 4.69) is 75.9 Å². The van der Waals surface area contributed by atoms with Gasteiger partial charge in [-0.3, -0.25) is 0 Å². The molecule has 0 saturated carbocycles. The van der Waals surface area contributed by atoms with Crippen LogP contribution in [-0.4, -0.2) is 0 Å². The molecule has 18 heavy (non-hydrogen) atoms. The number of rotatable bonds is 1. The Kier molecular flexibility index (Phi) is 3.72. The van der Waals surface area contributed by atoms with E-state index in [-0.39, 0.29) is 0 Å². The summed E-state index contributed by atoms with van der Waals surface area (Å²) >= 11 is 0. The van der Waals surface area contributed by atoms with Crippen LogP contribution in [0.1, 0.15) is 44.7 Å². The van der Waals surface area contributed by atoms with Crippen LogP contribution in [0.15, 0.2) is 36.4 Å². The van der Waals surface area contributed by atoms with Crippen molar-refractivity contribution in [3.8, 4) is 11.8 Å². The van der Waals surface area contributed by atoms with E-state index in [0.29, 0.717) is 11.8 Å². The maximum Gasteiger partial charge on any atom is 0.0251 e. The molecule has 0 fully saturated rings. The zero-order valence-electron chi connectivity index (χ0n) is 11.6. The minimum Gasteiger partial charge on any atom is -0.0951 e. The van der Waals surface area contributed by atoms with Crippen LogP contribution in [0.2, 0.25) is 0 Å². The summed E-state index contributed by atoms with van der Waals surface area (Å²) < 4.78 is 0. The Morgan fingerprint density at radius 3 is 2.17 bits per heavy atom. The third-order valence-electron chi connectivity index (χ3n) is 3.04. The maximum absolute atomic E-state index is 3.22. The highest BCUT2D eigenvalue weighted by molar-refractivity contribution is 5.84. The molecule has 0 aliphatic heterocycles. The highest BCUT2D eigenvalue weighted by atomic mass is 14.1. The van der Waals surface area contributed by atoms with E-state index in [1.165, 1.54) is 16.3 Å². The standard InChI is InChI=1S/C18H20/c1-13(2)5-6-15-7-8-18-12-16(14(3)4)9-10-17(18)11-15/h7-14H,1-4H3. The summed E-state index contributed by atoms with van der Waals surface area (Å²) in [4.78, 5) is 0. The Bertz CT molecular complexity index is 607. The second kappa shape index (κ2) is 5.27. The lowest BCUT2D eigenvalue weighted by Crippen LogP contribution is -1.87. The molecule has 0 atom stereocenters. The average Bonchev–Trinajstić information content (AvgIpc) is 2.35. The van der Waals surface area contributed by atoms with Gasteiger partial charge in [0.2, 0.25) is 0 Å². The van der Waals surface area contributed by atoms with Crippen molar-refractivity contribution in [2.75, 3.05) is 0 Å². The molecule has 0 bridgehead atoms. The molecule has 0 N–H and O–H groups in total. The molecule has 0 spiro atoms. The van der Waals surface area contributed by atoms with Crippen LogP contribution in [0.3, 0.4) is 0 Å². The van der Waals surface area contributed by atoms with Gasteiger partial charge in [0.15, 0.2) is 0 Å². The highest BCUT2D eigenvalue weighted by Crippen LogP contribution is 2.22. The molecular formula is C18H20. The monoisotopic (exact) mass is 236 g/mol. The van der Waals surface area contributed by atoms with Gasteiger partial charge in [-0.25, -0.2) is 0 Å². The summed E-state index contributed by atoms with van der Waals surface area (Å²) in [5.41, 5.74) is 2.50. The first-order chi connectivity index (χ1) is 8.56. The van der Waals surface area contributed by atoms with E-state index in [9.17, 15) is 0 Å². The average molecular weight is 236 g/mol. The van der Waals surface area contributed by atoms with Gasteiger partial charge in [-0.1, -0.05) is 63.8 Å². The van der Waals surface area contributed by atoms with Gasteiger partial charge in [0, 0.05) is 11.5 Å². The van der Waals surface area contributed by atoms with E-state index in [4.69, 9.17) is 0 Å². The van der Waals surface area contributed by atoms with Gasteiger partial charge in [0.25, 0.3) is 0 Å². The van der Waals surface area contributed by atoms with Crippen LogP contribution < -0.4 is 0 Å². The molecule has 0 radical (unpaired) electrons. The highest BCUT2D eigenvalue weighted by Gasteiger charge is 2.01. The fourth-order valence-corrected chi connectivity index (χ4v) is 1.93. The minimum absolute atomic E-state index is 0.420. The lowest BCUT2D eigenvalue weighted by molar-refractivity contribution is 0.866. The fraction of sp³-hybridized carbons (Fsp3) is 0.333. The molecule has 0 aliphatic rings. The number of hydrogen-bond donors (Lipinski definition) is 0. The van der Waals surface area contributed by atoms with Gasteiger partial charge in [0.1, 0.15) is 0 Å². The van der Waals surface area contributed by atoms with Crippen LogP contribution in [-0.2, 0) is 0 Å². The van der Waals surface area contributed by atoms with Crippen molar-refractivity contribution in [1.82, 2.24) is 0 Å². The lowest BCUT2D eigenvalue weighted by atomic mass is 9.98. The largest absolute Gasteiger partial charge is 0.0951 e. The van der Waals surface area contributed by atoms with Crippen molar-refractivity contribution in [3.05, 3.63) is 47.5 Å². The van der Waals surface area contributed by atoms with E-state index < -0.39 is 0 Å². The summed E-state index contributed by atoms with van der Waals surface area (Å²) in [6.45, 7) is 8.68. The van der Waals surface area contributed by atoms with Gasteiger partial charge in [-0.05, 0) is 34.4 Å². The first-order valence-electron chi connectivity index (χ1n) is 6.61. The van der Waals surface area contributed by atoms with Crippen molar-refractivity contribution >= 4 is 10.8 Å². The Balaban J connectivity index is 2.42. The van der Waals surface area contributed by atoms with Gasteiger partial charge in [0.05, 0.1) is 0 Å².